The summed E-state index contributed by atoms with van der Waals surface area (Å²) in [4.78, 5) is 16.3. The van der Waals surface area contributed by atoms with Gasteiger partial charge in [0.2, 0.25) is 0 Å². The number of amides is 1. The fourth-order valence-electron chi connectivity index (χ4n) is 1.94. The maximum absolute atomic E-state index is 11.9. The number of carbonyl (C=O) groups excluding carboxylic acids is 1. The quantitative estimate of drug-likeness (QED) is 0.705. The van der Waals surface area contributed by atoms with Gasteiger partial charge >= 0.3 is 0 Å². The number of aromatic nitrogens is 1. The molecule has 3 N–H and O–H groups in total. The molecule has 0 aliphatic carbocycles. The van der Waals surface area contributed by atoms with E-state index >= 15 is 0 Å². The second-order valence-corrected chi connectivity index (χ2v) is 5.67. The minimum Gasteiger partial charge on any atom is -0.484 e. The summed E-state index contributed by atoms with van der Waals surface area (Å²) in [7, 11) is 0. The number of rotatable bonds is 5. The third-order valence-electron chi connectivity index (χ3n) is 3.07. The van der Waals surface area contributed by atoms with Crippen LogP contribution in [0.4, 0.5) is 10.8 Å². The zero-order valence-corrected chi connectivity index (χ0v) is 13.0. The predicted octanol–water partition coefficient (Wildman–Crippen LogP) is 3.41. The number of benzene rings is 2. The summed E-state index contributed by atoms with van der Waals surface area (Å²) in [6.45, 7) is -0.0548. The summed E-state index contributed by atoms with van der Waals surface area (Å²) in [6, 6.07) is 16.6. The lowest BCUT2D eigenvalue weighted by Gasteiger charge is -2.05. The third-order valence-corrected chi connectivity index (χ3v) is 3.83. The van der Waals surface area contributed by atoms with Crippen molar-refractivity contribution >= 4 is 28.1 Å². The van der Waals surface area contributed by atoms with E-state index in [4.69, 9.17) is 10.5 Å². The molecule has 3 rings (SSSR count). The molecule has 0 radical (unpaired) electrons. The molecular weight excluding hydrogens is 310 g/mol. The first-order chi connectivity index (χ1) is 11.2. The molecule has 0 unspecified atom stereocenters. The minimum absolute atomic E-state index is 0.0548. The summed E-state index contributed by atoms with van der Waals surface area (Å²) in [5.41, 5.74) is 8.13. The number of nitrogens with one attached hydrogen (secondary N) is 1. The fourth-order valence-corrected chi connectivity index (χ4v) is 2.67. The zero-order chi connectivity index (χ0) is 16.1. The minimum atomic E-state index is -0.243. The molecule has 0 saturated heterocycles. The average Bonchev–Trinajstić information content (AvgIpc) is 3.03. The van der Waals surface area contributed by atoms with Crippen molar-refractivity contribution in [2.24, 2.45) is 0 Å². The summed E-state index contributed by atoms with van der Waals surface area (Å²) in [5, 5.41) is 5.16. The third kappa shape index (κ3) is 4.08. The summed E-state index contributed by atoms with van der Waals surface area (Å²) >= 11 is 1.37. The number of carbonyl (C=O) groups is 1. The molecule has 0 spiro atoms. The van der Waals surface area contributed by atoms with Gasteiger partial charge in [0.25, 0.3) is 5.91 Å². The van der Waals surface area contributed by atoms with Crippen LogP contribution in [0.2, 0.25) is 0 Å². The number of hydrogen-bond acceptors (Lipinski definition) is 5. The van der Waals surface area contributed by atoms with E-state index in [0.29, 0.717) is 16.6 Å². The van der Waals surface area contributed by atoms with Gasteiger partial charge in [-0.15, -0.1) is 11.3 Å². The average molecular weight is 325 g/mol. The molecule has 1 aromatic heterocycles. The van der Waals surface area contributed by atoms with E-state index < -0.39 is 0 Å². The van der Waals surface area contributed by atoms with Crippen molar-refractivity contribution in [2.75, 3.05) is 17.7 Å². The smallest absolute Gasteiger partial charge is 0.264 e. The highest BCUT2D eigenvalue weighted by Gasteiger charge is 2.08. The predicted molar refractivity (Wildman–Crippen MR) is 92.5 cm³/mol. The summed E-state index contributed by atoms with van der Waals surface area (Å²) in [6.07, 6.45) is 0. The van der Waals surface area contributed by atoms with E-state index in [1.165, 1.54) is 11.3 Å². The largest absolute Gasteiger partial charge is 0.484 e. The standard InChI is InChI=1S/C17H15N3O2S/c18-13-8-6-12(7-9-13)15-11-23-17(19-15)20-16(21)10-22-14-4-2-1-3-5-14/h1-9,11H,10,18H2,(H,19,20,21). The highest BCUT2D eigenvalue weighted by molar-refractivity contribution is 7.14. The molecule has 0 saturated carbocycles. The second kappa shape index (κ2) is 6.93. The van der Waals surface area contributed by atoms with Crippen LogP contribution in [0.5, 0.6) is 5.75 Å². The van der Waals surface area contributed by atoms with Crippen molar-refractivity contribution in [1.29, 1.82) is 0 Å². The number of nitrogens with two attached hydrogens (primary N) is 1. The van der Waals surface area contributed by atoms with Gasteiger partial charge in [0, 0.05) is 16.6 Å². The molecule has 2 aromatic carbocycles. The van der Waals surface area contributed by atoms with Gasteiger partial charge in [-0.3, -0.25) is 10.1 Å². The number of nitrogens with zero attached hydrogens (tertiary/aromatic N) is 1. The maximum Gasteiger partial charge on any atom is 0.264 e. The summed E-state index contributed by atoms with van der Waals surface area (Å²) < 4.78 is 5.40. The van der Waals surface area contributed by atoms with Crippen LogP contribution in [-0.4, -0.2) is 17.5 Å². The van der Waals surface area contributed by atoms with Gasteiger partial charge in [-0.1, -0.05) is 30.3 Å². The Kier molecular flexibility index (Phi) is 4.54. The summed E-state index contributed by atoms with van der Waals surface area (Å²) in [5.74, 6) is 0.413. The lowest BCUT2D eigenvalue weighted by atomic mass is 10.1. The number of anilines is 2. The first-order valence-electron chi connectivity index (χ1n) is 7.00. The monoisotopic (exact) mass is 325 g/mol. The van der Waals surface area contributed by atoms with E-state index in [1.54, 1.807) is 12.1 Å². The second-order valence-electron chi connectivity index (χ2n) is 4.81. The fraction of sp³-hybridized carbons (Fsp3) is 0.0588. The first kappa shape index (κ1) is 15.1. The first-order valence-corrected chi connectivity index (χ1v) is 7.88. The van der Waals surface area contributed by atoms with Gasteiger partial charge in [-0.2, -0.15) is 0 Å². The Balaban J connectivity index is 1.58. The van der Waals surface area contributed by atoms with Crippen molar-refractivity contribution in [1.82, 2.24) is 4.98 Å². The van der Waals surface area contributed by atoms with Crippen molar-refractivity contribution in [3.05, 3.63) is 60.0 Å². The Labute approximate surface area is 137 Å². The molecule has 0 aliphatic rings. The van der Waals surface area contributed by atoms with Gasteiger partial charge in [0.05, 0.1) is 5.69 Å². The van der Waals surface area contributed by atoms with E-state index in [9.17, 15) is 4.79 Å². The van der Waals surface area contributed by atoms with Gasteiger partial charge in [0.1, 0.15) is 5.75 Å². The molecule has 0 fully saturated rings. The Morgan fingerprint density at radius 2 is 1.87 bits per heavy atom. The molecule has 1 amide bonds. The van der Waals surface area contributed by atoms with Crippen molar-refractivity contribution in [3.8, 4) is 17.0 Å². The normalized spacial score (nSPS) is 10.3. The Bertz CT molecular complexity index is 785. The van der Waals surface area contributed by atoms with Crippen molar-refractivity contribution < 1.29 is 9.53 Å². The van der Waals surface area contributed by atoms with Crippen LogP contribution in [0.3, 0.4) is 0 Å². The van der Waals surface area contributed by atoms with Crippen LogP contribution >= 0.6 is 11.3 Å². The Morgan fingerprint density at radius 3 is 2.61 bits per heavy atom. The molecule has 1 heterocycles. The molecule has 0 atom stereocenters. The van der Waals surface area contributed by atoms with E-state index in [2.05, 4.69) is 10.3 Å². The molecule has 0 aliphatic heterocycles. The topological polar surface area (TPSA) is 77.2 Å². The van der Waals surface area contributed by atoms with E-state index in [0.717, 1.165) is 11.3 Å². The van der Waals surface area contributed by atoms with Crippen molar-refractivity contribution in [3.63, 3.8) is 0 Å². The molecular formula is C17H15N3O2S. The van der Waals surface area contributed by atoms with E-state index in [-0.39, 0.29) is 12.5 Å². The zero-order valence-electron chi connectivity index (χ0n) is 12.2. The SMILES string of the molecule is Nc1ccc(-c2csc(NC(=O)COc3ccccc3)n2)cc1. The van der Waals surface area contributed by atoms with E-state index in [1.807, 2.05) is 47.8 Å². The molecule has 0 bridgehead atoms. The number of hydrogen-bond donors (Lipinski definition) is 2. The van der Waals surface area contributed by atoms with Crippen LogP contribution in [0.15, 0.2) is 60.0 Å². The highest BCUT2D eigenvalue weighted by atomic mass is 32.1. The molecule has 5 nitrogen and oxygen atoms in total. The van der Waals surface area contributed by atoms with Crippen LogP contribution < -0.4 is 15.8 Å². The maximum atomic E-state index is 11.9. The number of para-hydroxylation sites is 1. The Morgan fingerprint density at radius 1 is 1.13 bits per heavy atom. The lowest BCUT2D eigenvalue weighted by molar-refractivity contribution is -0.118. The number of ether oxygens (including phenoxy) is 1. The van der Waals surface area contributed by atoms with Crippen LogP contribution in [-0.2, 0) is 4.79 Å². The lowest BCUT2D eigenvalue weighted by Crippen LogP contribution is -2.19. The molecule has 23 heavy (non-hydrogen) atoms. The Hall–Kier alpha value is -2.86. The van der Waals surface area contributed by atoms with Gasteiger partial charge in [-0.05, 0) is 24.3 Å². The van der Waals surface area contributed by atoms with Gasteiger partial charge in [0.15, 0.2) is 11.7 Å². The van der Waals surface area contributed by atoms with Crippen LogP contribution in [0.25, 0.3) is 11.3 Å². The molecule has 3 aromatic rings. The van der Waals surface area contributed by atoms with Gasteiger partial charge < -0.3 is 10.5 Å². The van der Waals surface area contributed by atoms with Crippen molar-refractivity contribution in [2.45, 2.75) is 0 Å². The number of thiazole rings is 1. The molecule has 116 valence electrons. The molecule has 6 heteroatoms. The van der Waals surface area contributed by atoms with Gasteiger partial charge in [-0.25, -0.2) is 4.98 Å². The van der Waals surface area contributed by atoms with Crippen LogP contribution in [0, 0.1) is 0 Å². The van der Waals surface area contributed by atoms with Crippen LogP contribution in [0.1, 0.15) is 0 Å². The highest BCUT2D eigenvalue weighted by Crippen LogP contribution is 2.25. The number of nitrogen functional groups attached to an aromatic ring is 1.